The van der Waals surface area contributed by atoms with Gasteiger partial charge in [0.05, 0.1) is 19.8 Å². The number of methoxy groups -OCH3 is 1. The number of halogens is 1. The van der Waals surface area contributed by atoms with Gasteiger partial charge in [0.1, 0.15) is 0 Å². The lowest BCUT2D eigenvalue weighted by Crippen LogP contribution is -2.27. The van der Waals surface area contributed by atoms with Crippen molar-refractivity contribution in [2.45, 2.75) is 43.4 Å². The highest BCUT2D eigenvalue weighted by Crippen LogP contribution is 2.28. The van der Waals surface area contributed by atoms with Gasteiger partial charge in [0.25, 0.3) is 0 Å². The van der Waals surface area contributed by atoms with Crippen molar-refractivity contribution < 1.29 is 19.0 Å². The first-order valence-corrected chi connectivity index (χ1v) is 5.89. The molecule has 0 amide bonds. The Morgan fingerprint density at radius 1 is 1.67 bits per heavy atom. The Kier molecular flexibility index (Phi) is 4.55. The van der Waals surface area contributed by atoms with Crippen LogP contribution in [0.1, 0.15) is 26.7 Å². The molecule has 0 unspecified atom stereocenters. The SMILES string of the molecule is COC(=O)CC[C@@H](Br)[C@H]1COC(C)(C)O1. The van der Waals surface area contributed by atoms with E-state index in [-0.39, 0.29) is 16.9 Å². The number of carbonyl (C=O) groups excluding carboxylic acids is 1. The summed E-state index contributed by atoms with van der Waals surface area (Å²) >= 11 is 3.50. The maximum atomic E-state index is 10.9. The summed E-state index contributed by atoms with van der Waals surface area (Å²) in [7, 11) is 1.39. The fraction of sp³-hybridized carbons (Fsp3) is 0.900. The van der Waals surface area contributed by atoms with E-state index in [2.05, 4.69) is 20.7 Å². The maximum absolute atomic E-state index is 10.9. The van der Waals surface area contributed by atoms with Crippen molar-refractivity contribution >= 4 is 21.9 Å². The van der Waals surface area contributed by atoms with Crippen molar-refractivity contribution in [3.8, 4) is 0 Å². The summed E-state index contributed by atoms with van der Waals surface area (Å²) in [5, 5.41) is 0. The molecular formula is C10H17BrO4. The molecule has 0 spiro atoms. The molecule has 1 aliphatic heterocycles. The highest BCUT2D eigenvalue weighted by atomic mass is 79.9. The van der Waals surface area contributed by atoms with Crippen LogP contribution < -0.4 is 0 Å². The van der Waals surface area contributed by atoms with Crippen LogP contribution in [0.5, 0.6) is 0 Å². The van der Waals surface area contributed by atoms with E-state index in [0.29, 0.717) is 19.4 Å². The van der Waals surface area contributed by atoms with Crippen LogP contribution in [0.15, 0.2) is 0 Å². The van der Waals surface area contributed by atoms with Crippen molar-refractivity contribution in [1.82, 2.24) is 0 Å². The summed E-state index contributed by atoms with van der Waals surface area (Å²) in [4.78, 5) is 11.1. The van der Waals surface area contributed by atoms with Crippen molar-refractivity contribution in [2.24, 2.45) is 0 Å². The molecule has 0 aromatic rings. The molecule has 1 rings (SSSR count). The molecule has 5 heteroatoms. The van der Waals surface area contributed by atoms with Gasteiger partial charge in [-0.15, -0.1) is 0 Å². The summed E-state index contributed by atoms with van der Waals surface area (Å²) < 4.78 is 15.7. The Labute approximate surface area is 98.4 Å². The van der Waals surface area contributed by atoms with Crippen LogP contribution >= 0.6 is 15.9 Å². The van der Waals surface area contributed by atoms with Gasteiger partial charge in [-0.05, 0) is 20.3 Å². The quantitative estimate of drug-likeness (QED) is 0.583. The molecule has 0 saturated carbocycles. The molecule has 0 aromatic carbocycles. The molecule has 4 nitrogen and oxygen atoms in total. The Morgan fingerprint density at radius 2 is 2.33 bits per heavy atom. The molecule has 88 valence electrons. The summed E-state index contributed by atoms with van der Waals surface area (Å²) in [5.41, 5.74) is 0. The van der Waals surface area contributed by atoms with Crippen molar-refractivity contribution in [2.75, 3.05) is 13.7 Å². The predicted octanol–water partition coefficient (Wildman–Crippen LogP) is 1.85. The van der Waals surface area contributed by atoms with E-state index < -0.39 is 5.79 Å². The second-order valence-corrected chi connectivity index (χ2v) is 5.17. The van der Waals surface area contributed by atoms with Gasteiger partial charge in [0.15, 0.2) is 5.79 Å². The van der Waals surface area contributed by atoms with Gasteiger partial charge in [-0.25, -0.2) is 0 Å². The van der Waals surface area contributed by atoms with Gasteiger partial charge in [-0.3, -0.25) is 4.79 Å². The zero-order valence-corrected chi connectivity index (χ0v) is 10.9. The van der Waals surface area contributed by atoms with Crippen LogP contribution in [-0.2, 0) is 19.0 Å². The van der Waals surface area contributed by atoms with Gasteiger partial charge < -0.3 is 14.2 Å². The number of carbonyl (C=O) groups is 1. The monoisotopic (exact) mass is 280 g/mol. The zero-order chi connectivity index (χ0) is 11.5. The van der Waals surface area contributed by atoms with E-state index in [1.165, 1.54) is 7.11 Å². The smallest absolute Gasteiger partial charge is 0.305 e. The van der Waals surface area contributed by atoms with E-state index in [4.69, 9.17) is 9.47 Å². The van der Waals surface area contributed by atoms with E-state index in [1.807, 2.05) is 13.8 Å². The molecule has 0 N–H and O–H groups in total. The molecule has 1 saturated heterocycles. The molecule has 0 radical (unpaired) electrons. The Bertz CT molecular complexity index is 229. The summed E-state index contributed by atoms with van der Waals surface area (Å²) in [6, 6.07) is 0. The standard InChI is InChI=1S/C10H17BrO4/c1-10(2)14-6-8(15-10)7(11)4-5-9(12)13-3/h7-8H,4-6H2,1-3H3/t7-,8-/m1/s1. The van der Waals surface area contributed by atoms with Crippen LogP contribution in [0.4, 0.5) is 0 Å². The third kappa shape index (κ3) is 4.09. The van der Waals surface area contributed by atoms with Crippen LogP contribution in [-0.4, -0.2) is 36.4 Å². The lowest BCUT2D eigenvalue weighted by molar-refractivity contribution is -0.141. The van der Waals surface area contributed by atoms with E-state index in [9.17, 15) is 4.79 Å². The number of alkyl halides is 1. The molecule has 0 aliphatic carbocycles. The molecule has 1 fully saturated rings. The minimum absolute atomic E-state index is 0.00431. The molecule has 1 aliphatic rings. The second-order valence-electron chi connectivity index (χ2n) is 4.00. The fourth-order valence-corrected chi connectivity index (χ4v) is 1.93. The molecule has 2 atom stereocenters. The number of ether oxygens (including phenoxy) is 3. The Balaban J connectivity index is 2.29. The number of hydrogen-bond donors (Lipinski definition) is 0. The maximum Gasteiger partial charge on any atom is 0.305 e. The third-order valence-corrected chi connectivity index (χ3v) is 3.33. The first kappa shape index (κ1) is 12.9. The van der Waals surface area contributed by atoms with E-state index in [1.54, 1.807) is 0 Å². The van der Waals surface area contributed by atoms with E-state index >= 15 is 0 Å². The predicted molar refractivity (Wildman–Crippen MR) is 58.9 cm³/mol. The molecule has 15 heavy (non-hydrogen) atoms. The van der Waals surface area contributed by atoms with Crippen molar-refractivity contribution in [3.63, 3.8) is 0 Å². The first-order valence-electron chi connectivity index (χ1n) is 4.97. The largest absolute Gasteiger partial charge is 0.469 e. The Morgan fingerprint density at radius 3 is 2.80 bits per heavy atom. The van der Waals surface area contributed by atoms with Crippen LogP contribution in [0.25, 0.3) is 0 Å². The summed E-state index contributed by atoms with van der Waals surface area (Å²) in [6.07, 6.45) is 1.09. The molecule has 1 heterocycles. The zero-order valence-electron chi connectivity index (χ0n) is 9.29. The Hall–Kier alpha value is -0.130. The average Bonchev–Trinajstić information content (AvgIpc) is 2.54. The van der Waals surface area contributed by atoms with Gasteiger partial charge in [-0.2, -0.15) is 0 Å². The van der Waals surface area contributed by atoms with Gasteiger partial charge in [0, 0.05) is 11.2 Å². The van der Waals surface area contributed by atoms with Crippen LogP contribution in [0, 0.1) is 0 Å². The van der Waals surface area contributed by atoms with Gasteiger partial charge in [-0.1, -0.05) is 15.9 Å². The van der Waals surface area contributed by atoms with Crippen LogP contribution in [0.2, 0.25) is 0 Å². The number of rotatable bonds is 4. The highest BCUT2D eigenvalue weighted by molar-refractivity contribution is 9.09. The minimum Gasteiger partial charge on any atom is -0.469 e. The minimum atomic E-state index is -0.512. The van der Waals surface area contributed by atoms with Crippen molar-refractivity contribution in [1.29, 1.82) is 0 Å². The van der Waals surface area contributed by atoms with E-state index in [0.717, 1.165) is 0 Å². The molecular weight excluding hydrogens is 264 g/mol. The molecule has 0 aromatic heterocycles. The van der Waals surface area contributed by atoms with Gasteiger partial charge >= 0.3 is 5.97 Å². The second kappa shape index (κ2) is 5.27. The number of hydrogen-bond acceptors (Lipinski definition) is 4. The molecule has 0 bridgehead atoms. The van der Waals surface area contributed by atoms with Gasteiger partial charge in [0.2, 0.25) is 0 Å². The lowest BCUT2D eigenvalue weighted by atomic mass is 10.1. The van der Waals surface area contributed by atoms with Crippen LogP contribution in [0.3, 0.4) is 0 Å². The third-order valence-electron chi connectivity index (χ3n) is 2.29. The first-order chi connectivity index (χ1) is 6.94. The fourth-order valence-electron chi connectivity index (χ4n) is 1.44. The topological polar surface area (TPSA) is 44.8 Å². The number of esters is 1. The average molecular weight is 281 g/mol. The normalized spacial score (nSPS) is 26.3. The summed E-state index contributed by atoms with van der Waals surface area (Å²) in [6.45, 7) is 4.32. The van der Waals surface area contributed by atoms with Crippen molar-refractivity contribution in [3.05, 3.63) is 0 Å². The lowest BCUT2D eigenvalue weighted by Gasteiger charge is -2.19. The highest BCUT2D eigenvalue weighted by Gasteiger charge is 2.36. The summed E-state index contributed by atoms with van der Waals surface area (Å²) in [5.74, 6) is -0.709.